The summed E-state index contributed by atoms with van der Waals surface area (Å²) in [5.74, 6) is 0.620. The number of carbonyl (C=O) groups excluding carboxylic acids is 1. The van der Waals surface area contributed by atoms with Crippen LogP contribution >= 0.6 is 0 Å². The van der Waals surface area contributed by atoms with Crippen LogP contribution in [-0.2, 0) is 11.3 Å². The molecule has 1 N–H and O–H groups in total. The summed E-state index contributed by atoms with van der Waals surface area (Å²) in [5, 5.41) is 7.43. The van der Waals surface area contributed by atoms with Crippen LogP contribution in [-0.4, -0.2) is 22.3 Å². The fraction of sp³-hybridized carbons (Fsp3) is 0.444. The van der Waals surface area contributed by atoms with Crippen LogP contribution in [0.5, 0.6) is 5.75 Å². The maximum atomic E-state index is 12.3. The van der Waals surface area contributed by atoms with Crippen LogP contribution in [0.1, 0.15) is 30.8 Å². The summed E-state index contributed by atoms with van der Waals surface area (Å²) in [6, 6.07) is 7.41. The number of carbonyl (C=O) groups is 1. The van der Waals surface area contributed by atoms with E-state index in [0.29, 0.717) is 13.2 Å². The molecule has 0 aliphatic carbocycles. The Labute approximate surface area is 137 Å². The molecule has 0 aliphatic heterocycles. The van der Waals surface area contributed by atoms with E-state index < -0.39 is 0 Å². The van der Waals surface area contributed by atoms with Gasteiger partial charge in [0.25, 0.3) is 0 Å². The van der Waals surface area contributed by atoms with E-state index in [4.69, 9.17) is 4.74 Å². The van der Waals surface area contributed by atoms with Gasteiger partial charge in [-0.25, -0.2) is 0 Å². The molecule has 2 rings (SSSR count). The molecule has 0 aliphatic rings. The molecule has 1 aromatic heterocycles. The molecule has 23 heavy (non-hydrogen) atoms. The highest BCUT2D eigenvalue weighted by molar-refractivity contribution is 5.92. The summed E-state index contributed by atoms with van der Waals surface area (Å²) >= 11 is 0. The van der Waals surface area contributed by atoms with Crippen LogP contribution in [0.25, 0.3) is 0 Å². The Balaban J connectivity index is 1.98. The van der Waals surface area contributed by atoms with Crippen LogP contribution < -0.4 is 10.1 Å². The Morgan fingerprint density at radius 2 is 1.91 bits per heavy atom. The molecule has 2 aromatic rings. The average molecular weight is 315 g/mol. The maximum absolute atomic E-state index is 12.3. The quantitative estimate of drug-likeness (QED) is 0.888. The third-order valence-electron chi connectivity index (χ3n) is 4.07. The lowest BCUT2D eigenvalue weighted by molar-refractivity contribution is -0.119. The molecule has 0 radical (unpaired) electrons. The molecule has 5 nitrogen and oxygen atoms in total. The Bertz CT molecular complexity index is 674. The minimum absolute atomic E-state index is 0.0145. The minimum Gasteiger partial charge on any atom is -0.494 e. The van der Waals surface area contributed by atoms with E-state index in [1.807, 2.05) is 56.6 Å². The summed E-state index contributed by atoms with van der Waals surface area (Å²) in [5.41, 5.74) is 4.09. The summed E-state index contributed by atoms with van der Waals surface area (Å²) in [4.78, 5) is 12.3. The third kappa shape index (κ3) is 4.12. The highest BCUT2D eigenvalue weighted by Crippen LogP contribution is 2.17. The molecule has 0 spiro atoms. The van der Waals surface area contributed by atoms with Gasteiger partial charge in [0.05, 0.1) is 24.8 Å². The number of nitrogens with zero attached hydrogens (tertiary/aromatic N) is 2. The van der Waals surface area contributed by atoms with Gasteiger partial charge in [-0.05, 0) is 57.5 Å². The molecule has 0 saturated carbocycles. The van der Waals surface area contributed by atoms with Crippen LogP contribution in [0.3, 0.4) is 0 Å². The first kappa shape index (κ1) is 17.1. The molecule has 124 valence electrons. The molecule has 0 fully saturated rings. The van der Waals surface area contributed by atoms with Crippen molar-refractivity contribution in [2.24, 2.45) is 5.92 Å². The van der Waals surface area contributed by atoms with E-state index in [1.165, 1.54) is 5.56 Å². The largest absolute Gasteiger partial charge is 0.494 e. The average Bonchev–Trinajstić information content (AvgIpc) is 2.76. The second kappa shape index (κ2) is 7.31. The predicted molar refractivity (Wildman–Crippen MR) is 91.8 cm³/mol. The zero-order valence-electron chi connectivity index (χ0n) is 14.5. The second-order valence-electron chi connectivity index (χ2n) is 5.83. The Morgan fingerprint density at radius 1 is 1.26 bits per heavy atom. The topological polar surface area (TPSA) is 56.1 Å². The van der Waals surface area contributed by atoms with Gasteiger partial charge in [0.1, 0.15) is 5.75 Å². The lowest BCUT2D eigenvalue weighted by Crippen LogP contribution is -2.25. The molecular weight excluding hydrogens is 290 g/mol. The third-order valence-corrected chi connectivity index (χ3v) is 4.07. The summed E-state index contributed by atoms with van der Waals surface area (Å²) in [7, 11) is 0. The molecular formula is C18H25N3O2. The zero-order chi connectivity index (χ0) is 17.0. The Kier molecular flexibility index (Phi) is 5.42. The van der Waals surface area contributed by atoms with Gasteiger partial charge in [-0.1, -0.05) is 6.92 Å². The minimum atomic E-state index is -0.168. The summed E-state index contributed by atoms with van der Waals surface area (Å²) in [6.07, 6.45) is 0. The number of hydrogen-bond donors (Lipinski definition) is 1. The number of ether oxygens (including phenoxy) is 1. The van der Waals surface area contributed by atoms with E-state index in [-0.39, 0.29) is 11.8 Å². The lowest BCUT2D eigenvalue weighted by atomic mass is 10.1. The SMILES string of the molecule is CCOc1ccc(NC(=O)[C@H](C)Cn2nc(C)c(C)c2C)cc1. The maximum Gasteiger partial charge on any atom is 0.229 e. The van der Waals surface area contributed by atoms with Gasteiger partial charge in [0.15, 0.2) is 0 Å². The molecule has 1 atom stereocenters. The van der Waals surface area contributed by atoms with Crippen molar-refractivity contribution in [2.45, 2.75) is 41.2 Å². The number of anilines is 1. The van der Waals surface area contributed by atoms with Crippen molar-refractivity contribution in [3.63, 3.8) is 0 Å². The number of benzene rings is 1. The summed E-state index contributed by atoms with van der Waals surface area (Å²) in [6.45, 7) is 11.1. The molecule has 1 aromatic carbocycles. The monoisotopic (exact) mass is 315 g/mol. The molecule has 0 saturated heterocycles. The normalized spacial score (nSPS) is 12.0. The van der Waals surface area contributed by atoms with Crippen LogP contribution in [0.15, 0.2) is 24.3 Å². The van der Waals surface area contributed by atoms with Crippen molar-refractivity contribution in [1.82, 2.24) is 9.78 Å². The van der Waals surface area contributed by atoms with Crippen LogP contribution in [0.4, 0.5) is 5.69 Å². The van der Waals surface area contributed by atoms with Gasteiger partial charge in [-0.3, -0.25) is 9.48 Å². The van der Waals surface area contributed by atoms with Crippen molar-refractivity contribution in [3.05, 3.63) is 41.2 Å². The first-order valence-electron chi connectivity index (χ1n) is 7.96. The van der Waals surface area contributed by atoms with Gasteiger partial charge >= 0.3 is 0 Å². The predicted octanol–water partition coefficient (Wildman–Crippen LogP) is 3.48. The fourth-order valence-electron chi connectivity index (χ4n) is 2.37. The summed E-state index contributed by atoms with van der Waals surface area (Å²) < 4.78 is 7.30. The van der Waals surface area contributed by atoms with Crippen LogP contribution in [0.2, 0.25) is 0 Å². The zero-order valence-corrected chi connectivity index (χ0v) is 14.5. The molecule has 1 amide bonds. The van der Waals surface area contributed by atoms with Crippen molar-refractivity contribution < 1.29 is 9.53 Å². The van der Waals surface area contributed by atoms with Gasteiger partial charge < -0.3 is 10.1 Å². The first-order valence-corrected chi connectivity index (χ1v) is 7.96. The highest BCUT2D eigenvalue weighted by atomic mass is 16.5. The van der Waals surface area contributed by atoms with Gasteiger partial charge in [0, 0.05) is 11.4 Å². The van der Waals surface area contributed by atoms with Crippen molar-refractivity contribution in [2.75, 3.05) is 11.9 Å². The van der Waals surface area contributed by atoms with Crippen molar-refractivity contribution in [1.29, 1.82) is 0 Å². The van der Waals surface area contributed by atoms with E-state index >= 15 is 0 Å². The number of hydrogen-bond acceptors (Lipinski definition) is 3. The Morgan fingerprint density at radius 3 is 2.43 bits per heavy atom. The van der Waals surface area contributed by atoms with E-state index in [1.54, 1.807) is 0 Å². The molecule has 5 heteroatoms. The number of nitrogens with one attached hydrogen (secondary N) is 1. The first-order chi connectivity index (χ1) is 10.9. The number of aromatic nitrogens is 2. The van der Waals surface area contributed by atoms with Crippen LogP contribution in [0, 0.1) is 26.7 Å². The number of aryl methyl sites for hydroxylation is 1. The van der Waals surface area contributed by atoms with Crippen molar-refractivity contribution >= 4 is 11.6 Å². The number of amides is 1. The molecule has 0 unspecified atom stereocenters. The van der Waals surface area contributed by atoms with E-state index in [9.17, 15) is 4.79 Å². The standard InChI is InChI=1S/C18H25N3O2/c1-6-23-17-9-7-16(8-10-17)19-18(22)12(2)11-21-15(5)13(3)14(4)20-21/h7-10,12H,6,11H2,1-5H3,(H,19,22)/t12-/m1/s1. The van der Waals surface area contributed by atoms with Gasteiger partial charge in [-0.15, -0.1) is 0 Å². The van der Waals surface area contributed by atoms with Crippen molar-refractivity contribution in [3.8, 4) is 5.75 Å². The smallest absolute Gasteiger partial charge is 0.229 e. The Hall–Kier alpha value is -2.30. The van der Waals surface area contributed by atoms with E-state index in [2.05, 4.69) is 17.3 Å². The lowest BCUT2D eigenvalue weighted by Gasteiger charge is -2.14. The van der Waals surface area contributed by atoms with Gasteiger partial charge in [0.2, 0.25) is 5.91 Å². The number of rotatable bonds is 6. The van der Waals surface area contributed by atoms with E-state index in [0.717, 1.165) is 22.8 Å². The van der Waals surface area contributed by atoms with Gasteiger partial charge in [-0.2, -0.15) is 5.10 Å². The second-order valence-corrected chi connectivity index (χ2v) is 5.83. The molecule has 1 heterocycles. The molecule has 0 bridgehead atoms. The highest BCUT2D eigenvalue weighted by Gasteiger charge is 2.16. The fourth-order valence-corrected chi connectivity index (χ4v) is 2.37.